The number of rotatable bonds is 4. The molecule has 0 spiro atoms. The molecule has 2 aromatic rings. The van der Waals surface area contributed by atoms with Crippen LogP contribution in [0.15, 0.2) is 46.2 Å². The zero-order valence-corrected chi connectivity index (χ0v) is 12.6. The van der Waals surface area contributed by atoms with Gasteiger partial charge in [-0.15, -0.1) is 0 Å². The van der Waals surface area contributed by atoms with Crippen molar-refractivity contribution in [2.24, 2.45) is 0 Å². The van der Waals surface area contributed by atoms with Crippen molar-refractivity contribution < 1.29 is 25.9 Å². The van der Waals surface area contributed by atoms with Crippen molar-refractivity contribution in [3.8, 4) is 0 Å². The SMILES string of the molecule is O=S(=O)(O)c1c[c]ccc1/C=C/c1cc[c]cc1S(=O)(=O)O. The minimum Gasteiger partial charge on any atom is -0.282 e. The molecule has 0 saturated heterocycles. The molecule has 0 bridgehead atoms. The maximum absolute atomic E-state index is 11.3. The lowest BCUT2D eigenvalue weighted by atomic mass is 10.1. The maximum atomic E-state index is 11.3. The molecule has 0 atom stereocenters. The Morgan fingerprint density at radius 1 is 0.773 bits per heavy atom. The van der Waals surface area contributed by atoms with Gasteiger partial charge in [0.1, 0.15) is 9.79 Å². The average Bonchev–Trinajstić information content (AvgIpc) is 2.44. The molecule has 0 amide bonds. The van der Waals surface area contributed by atoms with E-state index in [-0.39, 0.29) is 20.9 Å². The Balaban J connectivity index is 2.53. The van der Waals surface area contributed by atoms with Crippen LogP contribution in [0.5, 0.6) is 0 Å². The number of hydrogen-bond donors (Lipinski definition) is 2. The fourth-order valence-electron chi connectivity index (χ4n) is 1.76. The van der Waals surface area contributed by atoms with Crippen LogP contribution < -0.4 is 0 Å². The summed E-state index contributed by atoms with van der Waals surface area (Å²) in [4.78, 5) is -0.718. The van der Waals surface area contributed by atoms with Gasteiger partial charge in [0.05, 0.1) is 0 Å². The molecule has 2 rings (SSSR count). The molecule has 114 valence electrons. The largest absolute Gasteiger partial charge is 0.295 e. The third-order valence-electron chi connectivity index (χ3n) is 2.71. The topological polar surface area (TPSA) is 109 Å². The summed E-state index contributed by atoms with van der Waals surface area (Å²) < 4.78 is 63.3. The van der Waals surface area contributed by atoms with Gasteiger partial charge >= 0.3 is 0 Å². The van der Waals surface area contributed by atoms with E-state index in [0.29, 0.717) is 0 Å². The van der Waals surface area contributed by atoms with E-state index in [1.165, 1.54) is 36.4 Å². The highest BCUT2D eigenvalue weighted by Crippen LogP contribution is 2.21. The fraction of sp³-hybridized carbons (Fsp3) is 0. The van der Waals surface area contributed by atoms with Gasteiger partial charge in [0.25, 0.3) is 20.2 Å². The summed E-state index contributed by atoms with van der Waals surface area (Å²) in [5.74, 6) is 0. The van der Waals surface area contributed by atoms with Crippen LogP contribution in [0.1, 0.15) is 11.1 Å². The summed E-state index contributed by atoms with van der Waals surface area (Å²) in [6.45, 7) is 0. The minimum absolute atomic E-state index is 0.148. The van der Waals surface area contributed by atoms with Gasteiger partial charge in [-0.3, -0.25) is 9.11 Å². The summed E-state index contributed by atoms with van der Waals surface area (Å²) in [7, 11) is -8.87. The summed E-state index contributed by atoms with van der Waals surface area (Å²) in [6, 6.07) is 12.9. The Bertz CT molecular complexity index is 850. The molecule has 8 heteroatoms. The summed E-state index contributed by atoms with van der Waals surface area (Å²) in [5, 5.41) is 0. The molecule has 6 nitrogen and oxygen atoms in total. The minimum atomic E-state index is -4.43. The van der Waals surface area contributed by atoms with E-state index < -0.39 is 20.2 Å². The molecule has 0 heterocycles. The van der Waals surface area contributed by atoms with Crippen LogP contribution in [-0.2, 0) is 20.2 Å². The number of hydrogen-bond acceptors (Lipinski definition) is 4. The van der Waals surface area contributed by atoms with Gasteiger partial charge in [0.2, 0.25) is 0 Å². The standard InChI is InChI=1S/C14H10O6S2/c15-21(16,17)13-7-3-1-5-11(13)9-10-12-6-2-4-8-14(12)22(18,19)20/h1-2,5-10H,(H,15,16,17)(H,18,19,20)/b10-9+. The molecule has 2 aromatic carbocycles. The van der Waals surface area contributed by atoms with E-state index in [1.54, 1.807) is 0 Å². The second-order valence-corrected chi connectivity index (χ2v) is 6.99. The number of benzene rings is 2. The molecule has 2 N–H and O–H groups in total. The first-order chi connectivity index (χ1) is 10.2. The molecule has 0 unspecified atom stereocenters. The lowest BCUT2D eigenvalue weighted by Crippen LogP contribution is -2.01. The van der Waals surface area contributed by atoms with Crippen molar-refractivity contribution >= 4 is 32.4 Å². The van der Waals surface area contributed by atoms with Crippen LogP contribution in [-0.4, -0.2) is 25.9 Å². The molecule has 0 fully saturated rings. The summed E-state index contributed by atoms with van der Waals surface area (Å²) in [5.41, 5.74) is 0.297. The normalized spacial score (nSPS) is 12.6. The molecule has 0 aliphatic rings. The van der Waals surface area contributed by atoms with Crippen molar-refractivity contribution in [1.82, 2.24) is 0 Å². The van der Waals surface area contributed by atoms with E-state index in [0.717, 1.165) is 12.1 Å². The zero-order valence-electron chi connectivity index (χ0n) is 11.0. The Morgan fingerprint density at radius 2 is 1.14 bits per heavy atom. The van der Waals surface area contributed by atoms with Gasteiger partial charge < -0.3 is 0 Å². The fourth-order valence-corrected chi connectivity index (χ4v) is 3.06. The van der Waals surface area contributed by atoms with Crippen molar-refractivity contribution in [2.75, 3.05) is 0 Å². The Labute approximate surface area is 128 Å². The van der Waals surface area contributed by atoms with Gasteiger partial charge in [-0.1, -0.05) is 36.4 Å². The summed E-state index contributed by atoms with van der Waals surface area (Å²) in [6.07, 6.45) is 2.61. The van der Waals surface area contributed by atoms with E-state index >= 15 is 0 Å². The monoisotopic (exact) mass is 338 g/mol. The summed E-state index contributed by atoms with van der Waals surface area (Å²) >= 11 is 0. The third-order valence-corrected chi connectivity index (χ3v) is 4.53. The molecule has 22 heavy (non-hydrogen) atoms. The molecule has 0 aromatic heterocycles. The predicted molar refractivity (Wildman–Crippen MR) is 79.1 cm³/mol. The smallest absolute Gasteiger partial charge is 0.282 e. The third kappa shape index (κ3) is 3.80. The lowest BCUT2D eigenvalue weighted by molar-refractivity contribution is 0.480. The van der Waals surface area contributed by atoms with Crippen molar-refractivity contribution in [2.45, 2.75) is 9.79 Å². The van der Waals surface area contributed by atoms with Crippen molar-refractivity contribution in [3.05, 3.63) is 59.7 Å². The van der Waals surface area contributed by atoms with Crippen LogP contribution in [0, 0.1) is 12.1 Å². The molecular weight excluding hydrogens is 328 g/mol. The second-order valence-electron chi connectivity index (χ2n) is 4.21. The van der Waals surface area contributed by atoms with Gasteiger partial charge in [-0.2, -0.15) is 16.8 Å². The van der Waals surface area contributed by atoms with Gasteiger partial charge in [0, 0.05) is 0 Å². The first-order valence-electron chi connectivity index (χ1n) is 5.83. The van der Waals surface area contributed by atoms with Crippen molar-refractivity contribution in [1.29, 1.82) is 0 Å². The van der Waals surface area contributed by atoms with Crippen LogP contribution >= 0.6 is 0 Å². The zero-order chi connectivity index (χ0) is 16.4. The highest BCUT2D eigenvalue weighted by molar-refractivity contribution is 7.86. The molecular formula is C14H10O6S2. The maximum Gasteiger partial charge on any atom is 0.295 e. The highest BCUT2D eigenvalue weighted by Gasteiger charge is 2.15. The highest BCUT2D eigenvalue weighted by atomic mass is 32.2. The van der Waals surface area contributed by atoms with E-state index in [4.69, 9.17) is 9.11 Å². The van der Waals surface area contributed by atoms with Crippen molar-refractivity contribution in [3.63, 3.8) is 0 Å². The molecule has 0 aliphatic heterocycles. The van der Waals surface area contributed by atoms with E-state index in [9.17, 15) is 16.8 Å². The van der Waals surface area contributed by atoms with Crippen LogP contribution in [0.3, 0.4) is 0 Å². The first-order valence-corrected chi connectivity index (χ1v) is 8.71. The Morgan fingerprint density at radius 3 is 1.45 bits per heavy atom. The van der Waals surface area contributed by atoms with Crippen LogP contribution in [0.4, 0.5) is 0 Å². The first kappa shape index (κ1) is 16.4. The lowest BCUT2D eigenvalue weighted by Gasteiger charge is -2.04. The predicted octanol–water partition coefficient (Wildman–Crippen LogP) is 1.95. The molecule has 2 radical (unpaired) electrons. The average molecular weight is 338 g/mol. The van der Waals surface area contributed by atoms with Crippen LogP contribution in [0.25, 0.3) is 12.2 Å². The second kappa shape index (κ2) is 6.01. The molecule has 0 aliphatic carbocycles. The quantitative estimate of drug-likeness (QED) is 0.651. The molecule has 0 saturated carbocycles. The van der Waals surface area contributed by atoms with Gasteiger partial charge in [-0.25, -0.2) is 0 Å². The Kier molecular flexibility index (Phi) is 4.47. The Hall–Kier alpha value is -2.00. The van der Waals surface area contributed by atoms with Crippen LogP contribution in [0.2, 0.25) is 0 Å². The van der Waals surface area contributed by atoms with E-state index in [1.807, 2.05) is 0 Å². The van der Waals surface area contributed by atoms with Gasteiger partial charge in [0.15, 0.2) is 0 Å². The van der Waals surface area contributed by atoms with Gasteiger partial charge in [-0.05, 0) is 35.4 Å². The van der Waals surface area contributed by atoms with E-state index in [2.05, 4.69) is 12.1 Å².